The summed E-state index contributed by atoms with van der Waals surface area (Å²) in [7, 11) is 1.52. The first-order valence-electron chi connectivity index (χ1n) is 10.6. The maximum absolute atomic E-state index is 12.0. The van der Waals surface area contributed by atoms with Crippen molar-refractivity contribution in [1.82, 2.24) is 10.3 Å². The maximum atomic E-state index is 12.0. The van der Waals surface area contributed by atoms with Gasteiger partial charge in [0, 0.05) is 18.9 Å². The summed E-state index contributed by atoms with van der Waals surface area (Å²) in [6.07, 6.45) is 3.66. The maximum Gasteiger partial charge on any atom is 0.246 e. The second-order valence-electron chi connectivity index (χ2n) is 7.98. The van der Waals surface area contributed by atoms with E-state index in [0.29, 0.717) is 11.3 Å². The van der Waals surface area contributed by atoms with Crippen molar-refractivity contribution in [3.05, 3.63) is 59.3 Å². The van der Waals surface area contributed by atoms with E-state index in [1.807, 2.05) is 44.3 Å². The molecule has 1 aliphatic rings. The van der Waals surface area contributed by atoms with Gasteiger partial charge in [0.05, 0.1) is 22.6 Å². The molecule has 0 saturated carbocycles. The number of amides is 1. The van der Waals surface area contributed by atoms with Crippen molar-refractivity contribution in [3.8, 4) is 32.8 Å². The van der Waals surface area contributed by atoms with Gasteiger partial charge in [-0.05, 0) is 61.6 Å². The predicted molar refractivity (Wildman–Crippen MR) is 125 cm³/mol. The third-order valence-electron chi connectivity index (χ3n) is 5.36. The smallest absolute Gasteiger partial charge is 0.246 e. The van der Waals surface area contributed by atoms with Crippen molar-refractivity contribution >= 4 is 17.2 Å². The summed E-state index contributed by atoms with van der Waals surface area (Å²) >= 11 is 1.60. The minimum atomic E-state index is -0.103. The largest absolute Gasteiger partial charge is 0.490 e. The summed E-state index contributed by atoms with van der Waals surface area (Å²) in [6, 6.07) is 14.1. The molecule has 1 amide bonds. The van der Waals surface area contributed by atoms with Crippen LogP contribution in [0.25, 0.3) is 21.0 Å². The van der Waals surface area contributed by atoms with Gasteiger partial charge in [0.15, 0.2) is 0 Å². The van der Waals surface area contributed by atoms with Gasteiger partial charge in [-0.15, -0.1) is 11.3 Å². The minimum absolute atomic E-state index is 0.00250. The number of ether oxygens (including phenoxy) is 2. The molecule has 1 unspecified atom stereocenters. The lowest BCUT2D eigenvalue weighted by Gasteiger charge is -2.14. The third kappa shape index (κ3) is 4.52. The molecule has 164 valence electrons. The fourth-order valence-electron chi connectivity index (χ4n) is 4.04. The Morgan fingerprint density at radius 1 is 1.34 bits per heavy atom. The van der Waals surface area contributed by atoms with Crippen LogP contribution in [0, 0.1) is 11.3 Å². The second kappa shape index (κ2) is 9.51. The highest BCUT2D eigenvalue weighted by molar-refractivity contribution is 7.18. The summed E-state index contributed by atoms with van der Waals surface area (Å²) in [6.45, 7) is 3.94. The SMILES string of the molecule is COCC(=O)NC1CCc2c(-c3cnc(-c4ccc(OC(C)C)c(C#N)c4)s3)cccc21. The number of nitrogens with one attached hydrogen (secondary N) is 1. The van der Waals surface area contributed by atoms with E-state index in [9.17, 15) is 10.1 Å². The molecule has 4 rings (SSSR count). The van der Waals surface area contributed by atoms with Crippen LogP contribution in [-0.2, 0) is 16.0 Å². The third-order valence-corrected chi connectivity index (χ3v) is 6.44. The van der Waals surface area contributed by atoms with Crippen LogP contribution in [0.3, 0.4) is 0 Å². The van der Waals surface area contributed by atoms with Crippen LogP contribution in [-0.4, -0.2) is 30.7 Å². The van der Waals surface area contributed by atoms with Gasteiger partial charge < -0.3 is 14.8 Å². The van der Waals surface area contributed by atoms with E-state index in [1.165, 1.54) is 12.7 Å². The highest BCUT2D eigenvalue weighted by Gasteiger charge is 2.26. The number of methoxy groups -OCH3 is 1. The number of thiazole rings is 1. The zero-order valence-corrected chi connectivity index (χ0v) is 19.2. The van der Waals surface area contributed by atoms with Crippen LogP contribution < -0.4 is 10.1 Å². The van der Waals surface area contributed by atoms with Crippen molar-refractivity contribution in [2.24, 2.45) is 0 Å². The molecule has 6 nitrogen and oxygen atoms in total. The molecule has 0 fully saturated rings. The van der Waals surface area contributed by atoms with Crippen molar-refractivity contribution < 1.29 is 14.3 Å². The van der Waals surface area contributed by atoms with Crippen LogP contribution >= 0.6 is 11.3 Å². The van der Waals surface area contributed by atoms with Crippen molar-refractivity contribution in [2.75, 3.05) is 13.7 Å². The van der Waals surface area contributed by atoms with Crippen LogP contribution in [0.1, 0.15) is 43.0 Å². The van der Waals surface area contributed by atoms with Crippen LogP contribution in [0.5, 0.6) is 5.75 Å². The lowest BCUT2D eigenvalue weighted by atomic mass is 10.0. The van der Waals surface area contributed by atoms with Crippen molar-refractivity contribution in [2.45, 2.75) is 38.8 Å². The van der Waals surface area contributed by atoms with E-state index in [4.69, 9.17) is 9.47 Å². The number of nitriles is 1. The molecule has 0 bridgehead atoms. The highest BCUT2D eigenvalue weighted by Crippen LogP contribution is 2.41. The molecule has 0 radical (unpaired) electrons. The van der Waals surface area contributed by atoms with Gasteiger partial charge in [-0.2, -0.15) is 5.26 Å². The standard InChI is InChI=1S/C25H25N3O3S/c1-15(2)31-22-10-7-16(11-17(22)12-26)25-27-13-23(32-25)20-6-4-5-19-18(20)8-9-21(19)28-24(29)14-30-3/h4-7,10-11,13,15,21H,8-9,14H2,1-3H3,(H,28,29). The van der Waals surface area contributed by atoms with E-state index >= 15 is 0 Å². The zero-order chi connectivity index (χ0) is 22.7. The number of carbonyl (C=O) groups excluding carboxylic acids is 1. The molecule has 1 atom stereocenters. The molecule has 0 aliphatic heterocycles. The fraction of sp³-hybridized carbons (Fsp3) is 0.320. The summed E-state index contributed by atoms with van der Waals surface area (Å²) in [5.41, 5.74) is 4.96. The molecular formula is C25H25N3O3S. The summed E-state index contributed by atoms with van der Waals surface area (Å²) in [4.78, 5) is 17.7. The van der Waals surface area contributed by atoms with Gasteiger partial charge in [0.1, 0.15) is 23.4 Å². The molecular weight excluding hydrogens is 422 g/mol. The predicted octanol–water partition coefficient (Wildman–Crippen LogP) is 4.89. The second-order valence-corrected chi connectivity index (χ2v) is 9.01. The van der Waals surface area contributed by atoms with Gasteiger partial charge in [-0.3, -0.25) is 4.79 Å². The molecule has 7 heteroatoms. The Morgan fingerprint density at radius 2 is 2.19 bits per heavy atom. The fourth-order valence-corrected chi connectivity index (χ4v) is 5.01. The van der Waals surface area contributed by atoms with Gasteiger partial charge in [-0.25, -0.2) is 4.98 Å². The molecule has 1 heterocycles. The van der Waals surface area contributed by atoms with Gasteiger partial charge in [0.2, 0.25) is 5.91 Å². The Balaban J connectivity index is 1.61. The molecule has 0 saturated heterocycles. The van der Waals surface area contributed by atoms with Crippen LogP contribution in [0.15, 0.2) is 42.6 Å². The number of hydrogen-bond donors (Lipinski definition) is 1. The highest BCUT2D eigenvalue weighted by atomic mass is 32.1. The van der Waals surface area contributed by atoms with E-state index in [1.54, 1.807) is 11.3 Å². The average molecular weight is 448 g/mol. The number of rotatable bonds is 7. The Labute approximate surface area is 191 Å². The number of fused-ring (bicyclic) bond motifs is 1. The summed E-state index contributed by atoms with van der Waals surface area (Å²) < 4.78 is 10.7. The molecule has 3 aromatic rings. The average Bonchev–Trinajstić information content (AvgIpc) is 3.41. The lowest BCUT2D eigenvalue weighted by Crippen LogP contribution is -2.30. The number of carbonyl (C=O) groups is 1. The van der Waals surface area contributed by atoms with Gasteiger partial charge >= 0.3 is 0 Å². The number of hydrogen-bond acceptors (Lipinski definition) is 6. The first kappa shape index (κ1) is 22.0. The van der Waals surface area contributed by atoms with E-state index in [0.717, 1.165) is 39.4 Å². The van der Waals surface area contributed by atoms with E-state index in [2.05, 4.69) is 28.5 Å². The van der Waals surface area contributed by atoms with Crippen LogP contribution in [0.4, 0.5) is 0 Å². The zero-order valence-electron chi connectivity index (χ0n) is 18.3. The van der Waals surface area contributed by atoms with Crippen molar-refractivity contribution in [3.63, 3.8) is 0 Å². The lowest BCUT2D eigenvalue weighted by molar-refractivity contribution is -0.125. The Kier molecular flexibility index (Phi) is 6.54. The Hall–Kier alpha value is -3.21. The number of aromatic nitrogens is 1. The van der Waals surface area contributed by atoms with Gasteiger partial charge in [-0.1, -0.05) is 18.2 Å². The molecule has 32 heavy (non-hydrogen) atoms. The van der Waals surface area contributed by atoms with Gasteiger partial charge in [0.25, 0.3) is 0 Å². The van der Waals surface area contributed by atoms with Crippen molar-refractivity contribution in [1.29, 1.82) is 5.26 Å². The quantitative estimate of drug-likeness (QED) is 0.558. The molecule has 0 spiro atoms. The normalized spacial score (nSPS) is 14.8. The summed E-state index contributed by atoms with van der Waals surface area (Å²) in [5, 5.41) is 13.4. The Morgan fingerprint density at radius 3 is 2.94 bits per heavy atom. The first-order chi connectivity index (χ1) is 15.5. The monoisotopic (exact) mass is 447 g/mol. The van der Waals surface area contributed by atoms with E-state index in [-0.39, 0.29) is 24.7 Å². The number of nitrogens with zero attached hydrogens (tertiary/aromatic N) is 2. The minimum Gasteiger partial charge on any atom is -0.490 e. The molecule has 1 aromatic heterocycles. The molecule has 2 aromatic carbocycles. The first-order valence-corrected chi connectivity index (χ1v) is 11.4. The summed E-state index contributed by atoms with van der Waals surface area (Å²) in [5.74, 6) is 0.486. The topological polar surface area (TPSA) is 84.2 Å². The molecule has 1 aliphatic carbocycles. The molecule has 1 N–H and O–H groups in total. The van der Waals surface area contributed by atoms with Crippen LogP contribution in [0.2, 0.25) is 0 Å². The Bertz CT molecular complexity index is 1180. The number of benzene rings is 2. The van der Waals surface area contributed by atoms with E-state index < -0.39 is 0 Å².